The molecule has 206 valence electrons. The standard InChI is InChI=1S/C26H27F3N6O4/c1-30-24-33-21(16-6-4-7-17(13-16)23(37)38)34-25(35-24)32-19-11-9-15(10-12-19)22(36)31-14-18-5-2-3-8-20(18)39-26(27,28)29/h2-8,13,15,19H,9-12,14H2,1H3,(H,31,36)(H,37,38)(H2,30,32,33,34,35). The second-order valence-corrected chi connectivity index (χ2v) is 9.01. The van der Waals surface area contributed by atoms with Crippen LogP contribution in [0.3, 0.4) is 0 Å². The van der Waals surface area contributed by atoms with Crippen molar-refractivity contribution in [3.8, 4) is 17.1 Å². The summed E-state index contributed by atoms with van der Waals surface area (Å²) >= 11 is 0. The molecule has 0 unspecified atom stereocenters. The maximum atomic E-state index is 12.7. The van der Waals surface area contributed by atoms with Gasteiger partial charge in [0.05, 0.1) is 5.56 Å². The number of carbonyl (C=O) groups excluding carboxylic acids is 1. The Morgan fingerprint density at radius 1 is 1.00 bits per heavy atom. The summed E-state index contributed by atoms with van der Waals surface area (Å²) in [6.45, 7) is -0.0766. The van der Waals surface area contributed by atoms with E-state index in [0.717, 1.165) is 0 Å². The first-order chi connectivity index (χ1) is 18.6. The predicted molar refractivity (Wildman–Crippen MR) is 136 cm³/mol. The largest absolute Gasteiger partial charge is 0.573 e. The molecule has 0 spiro atoms. The van der Waals surface area contributed by atoms with Gasteiger partial charge in [0.1, 0.15) is 5.75 Å². The van der Waals surface area contributed by atoms with E-state index in [4.69, 9.17) is 0 Å². The minimum absolute atomic E-state index is 0.0136. The molecule has 0 radical (unpaired) electrons. The number of nitrogens with one attached hydrogen (secondary N) is 3. The van der Waals surface area contributed by atoms with E-state index in [1.165, 1.54) is 30.3 Å². The summed E-state index contributed by atoms with van der Waals surface area (Å²) in [7, 11) is 1.66. The molecule has 2 aromatic carbocycles. The number of benzene rings is 2. The molecular weight excluding hydrogens is 517 g/mol. The maximum absolute atomic E-state index is 12.7. The fraction of sp³-hybridized carbons (Fsp3) is 0.346. The van der Waals surface area contributed by atoms with Gasteiger partial charge >= 0.3 is 12.3 Å². The lowest BCUT2D eigenvalue weighted by Crippen LogP contribution is -2.36. The third-order valence-electron chi connectivity index (χ3n) is 6.31. The third-order valence-corrected chi connectivity index (χ3v) is 6.31. The zero-order chi connectivity index (χ0) is 28.0. The van der Waals surface area contributed by atoms with Gasteiger partial charge in [-0.1, -0.05) is 30.3 Å². The molecule has 1 amide bonds. The Kier molecular flexibility index (Phi) is 8.47. The van der Waals surface area contributed by atoms with Crippen molar-refractivity contribution in [3.05, 3.63) is 59.7 Å². The molecule has 3 aromatic rings. The van der Waals surface area contributed by atoms with Gasteiger partial charge in [-0.15, -0.1) is 13.2 Å². The molecule has 1 aromatic heterocycles. The minimum Gasteiger partial charge on any atom is -0.478 e. The Bertz CT molecular complexity index is 1330. The Morgan fingerprint density at radius 2 is 1.72 bits per heavy atom. The van der Waals surface area contributed by atoms with Crippen LogP contribution in [0.2, 0.25) is 0 Å². The lowest BCUT2D eigenvalue weighted by Gasteiger charge is -2.28. The maximum Gasteiger partial charge on any atom is 0.573 e. The van der Waals surface area contributed by atoms with Gasteiger partial charge in [0.15, 0.2) is 5.82 Å². The summed E-state index contributed by atoms with van der Waals surface area (Å²) in [5.41, 5.74) is 0.874. The fourth-order valence-electron chi connectivity index (χ4n) is 4.36. The fourth-order valence-corrected chi connectivity index (χ4v) is 4.36. The van der Waals surface area contributed by atoms with Crippen molar-refractivity contribution in [3.63, 3.8) is 0 Å². The van der Waals surface area contributed by atoms with Crippen molar-refractivity contribution in [2.45, 2.75) is 44.6 Å². The summed E-state index contributed by atoms with van der Waals surface area (Å²) < 4.78 is 42.0. The van der Waals surface area contributed by atoms with Crippen LogP contribution in [-0.4, -0.2) is 51.4 Å². The summed E-state index contributed by atoms with van der Waals surface area (Å²) in [6, 6.07) is 12.0. The highest BCUT2D eigenvalue weighted by molar-refractivity contribution is 5.89. The van der Waals surface area contributed by atoms with E-state index in [2.05, 4.69) is 35.6 Å². The molecule has 1 fully saturated rings. The number of anilines is 2. The molecule has 0 saturated heterocycles. The van der Waals surface area contributed by atoms with Crippen LogP contribution in [0.15, 0.2) is 48.5 Å². The van der Waals surface area contributed by atoms with Gasteiger partial charge in [-0.2, -0.15) is 15.0 Å². The van der Waals surface area contributed by atoms with Crippen molar-refractivity contribution < 1.29 is 32.6 Å². The summed E-state index contributed by atoms with van der Waals surface area (Å²) in [5.74, 6) is -0.968. The van der Waals surface area contributed by atoms with Crippen LogP contribution in [0.5, 0.6) is 5.75 Å². The first kappa shape index (κ1) is 27.6. The first-order valence-corrected chi connectivity index (χ1v) is 12.3. The number of hydrogen-bond acceptors (Lipinski definition) is 8. The molecule has 10 nitrogen and oxygen atoms in total. The van der Waals surface area contributed by atoms with Crippen LogP contribution in [0, 0.1) is 5.92 Å². The summed E-state index contributed by atoms with van der Waals surface area (Å²) in [5, 5.41) is 18.2. The molecule has 4 N–H and O–H groups in total. The van der Waals surface area contributed by atoms with E-state index >= 15 is 0 Å². The Hall–Kier alpha value is -4.42. The Labute approximate surface area is 222 Å². The van der Waals surface area contributed by atoms with Gasteiger partial charge in [0, 0.05) is 36.7 Å². The van der Waals surface area contributed by atoms with E-state index in [0.29, 0.717) is 49.0 Å². The molecule has 0 atom stereocenters. The molecule has 1 heterocycles. The number of aromatic nitrogens is 3. The molecule has 13 heteroatoms. The van der Waals surface area contributed by atoms with E-state index in [1.807, 2.05) is 0 Å². The van der Waals surface area contributed by atoms with Gasteiger partial charge < -0.3 is 25.8 Å². The van der Waals surface area contributed by atoms with Gasteiger partial charge in [0.25, 0.3) is 0 Å². The highest BCUT2D eigenvalue weighted by atomic mass is 19.4. The second-order valence-electron chi connectivity index (χ2n) is 9.01. The number of carboxylic acid groups (broad SMARTS) is 1. The van der Waals surface area contributed by atoms with Crippen molar-refractivity contribution >= 4 is 23.8 Å². The van der Waals surface area contributed by atoms with E-state index in [1.54, 1.807) is 25.2 Å². The highest BCUT2D eigenvalue weighted by Gasteiger charge is 2.32. The molecule has 0 aliphatic heterocycles. The van der Waals surface area contributed by atoms with Crippen LogP contribution < -0.4 is 20.7 Å². The second kappa shape index (κ2) is 12.0. The monoisotopic (exact) mass is 544 g/mol. The van der Waals surface area contributed by atoms with Crippen LogP contribution in [-0.2, 0) is 11.3 Å². The van der Waals surface area contributed by atoms with Gasteiger partial charge in [-0.05, 0) is 43.9 Å². The molecular formula is C26H27F3N6O4. The number of carboxylic acids is 1. The number of amides is 1. The number of rotatable bonds is 9. The average molecular weight is 545 g/mol. The van der Waals surface area contributed by atoms with Crippen molar-refractivity contribution in [1.29, 1.82) is 0 Å². The number of ether oxygens (including phenoxy) is 1. The van der Waals surface area contributed by atoms with Gasteiger partial charge in [0.2, 0.25) is 17.8 Å². The summed E-state index contributed by atoms with van der Waals surface area (Å²) in [4.78, 5) is 37.2. The van der Waals surface area contributed by atoms with Crippen molar-refractivity contribution in [2.75, 3.05) is 17.7 Å². The number of carbonyl (C=O) groups is 2. The molecule has 1 aliphatic carbocycles. The van der Waals surface area contributed by atoms with E-state index in [-0.39, 0.29) is 41.3 Å². The zero-order valence-electron chi connectivity index (χ0n) is 21.0. The quantitative estimate of drug-likeness (QED) is 0.307. The lowest BCUT2D eigenvalue weighted by atomic mass is 9.85. The number of alkyl halides is 3. The third kappa shape index (κ3) is 7.55. The average Bonchev–Trinajstić information content (AvgIpc) is 2.92. The van der Waals surface area contributed by atoms with Crippen molar-refractivity contribution in [2.24, 2.45) is 5.92 Å². The zero-order valence-corrected chi connectivity index (χ0v) is 21.0. The topological polar surface area (TPSA) is 138 Å². The van der Waals surface area contributed by atoms with Crippen molar-refractivity contribution in [1.82, 2.24) is 20.3 Å². The van der Waals surface area contributed by atoms with Crippen LogP contribution in [0.25, 0.3) is 11.4 Å². The first-order valence-electron chi connectivity index (χ1n) is 12.3. The molecule has 0 bridgehead atoms. The summed E-state index contributed by atoms with van der Waals surface area (Å²) in [6.07, 6.45) is -2.38. The normalized spacial score (nSPS) is 17.2. The molecule has 4 rings (SSSR count). The van der Waals surface area contributed by atoms with Crippen LogP contribution in [0.4, 0.5) is 25.1 Å². The molecule has 1 saturated carbocycles. The Morgan fingerprint density at radius 3 is 2.41 bits per heavy atom. The molecule has 39 heavy (non-hydrogen) atoms. The van der Waals surface area contributed by atoms with Crippen LogP contribution in [0.1, 0.15) is 41.6 Å². The lowest BCUT2D eigenvalue weighted by molar-refractivity contribution is -0.274. The predicted octanol–water partition coefficient (Wildman–Crippen LogP) is 4.46. The van der Waals surface area contributed by atoms with Gasteiger partial charge in [-0.3, -0.25) is 4.79 Å². The number of hydrogen-bond donors (Lipinski definition) is 4. The smallest absolute Gasteiger partial charge is 0.478 e. The Balaban J connectivity index is 1.34. The number of aromatic carboxylic acids is 1. The van der Waals surface area contributed by atoms with Gasteiger partial charge in [-0.25, -0.2) is 4.79 Å². The number of halogens is 3. The molecule has 1 aliphatic rings. The van der Waals surface area contributed by atoms with E-state index < -0.39 is 12.3 Å². The highest BCUT2D eigenvalue weighted by Crippen LogP contribution is 2.29. The van der Waals surface area contributed by atoms with E-state index in [9.17, 15) is 27.9 Å². The number of para-hydroxylation sites is 1. The number of nitrogens with zero attached hydrogens (tertiary/aromatic N) is 3. The minimum atomic E-state index is -4.82. The SMILES string of the molecule is CNc1nc(NC2CCC(C(=O)NCc3ccccc3OC(F)(F)F)CC2)nc(-c2cccc(C(=O)O)c2)n1. The van der Waals surface area contributed by atoms with Crippen LogP contribution >= 0.6 is 0 Å².